The Balaban J connectivity index is 1.86. The van der Waals surface area contributed by atoms with Crippen LogP contribution < -0.4 is 20.5 Å². The van der Waals surface area contributed by atoms with Gasteiger partial charge in [0.15, 0.2) is 11.5 Å². The van der Waals surface area contributed by atoms with E-state index in [0.29, 0.717) is 17.8 Å². The zero-order chi connectivity index (χ0) is 20.1. The molecule has 1 aliphatic carbocycles. The molecule has 2 aromatic rings. The van der Waals surface area contributed by atoms with Gasteiger partial charge in [-0.3, -0.25) is 4.79 Å². The second-order valence-corrected chi connectivity index (χ2v) is 7.67. The molecule has 2 aromatic carbocycles. The van der Waals surface area contributed by atoms with E-state index in [1.165, 1.54) is 12.0 Å². The Morgan fingerprint density at radius 2 is 1.75 bits per heavy atom. The molecule has 0 bridgehead atoms. The normalized spacial score (nSPS) is 15.7. The highest BCUT2D eigenvalue weighted by atomic mass is 16.5. The van der Waals surface area contributed by atoms with Crippen LogP contribution in [0, 0.1) is 6.92 Å². The number of nitrogens with one attached hydrogen (secondary N) is 1. The number of carbonyl (C=O) groups excluding carboxylic acids is 1. The summed E-state index contributed by atoms with van der Waals surface area (Å²) in [4.78, 5) is 12.8. The van der Waals surface area contributed by atoms with Crippen molar-refractivity contribution in [1.82, 2.24) is 5.32 Å². The molecule has 5 heteroatoms. The molecule has 0 unspecified atom stereocenters. The van der Waals surface area contributed by atoms with Gasteiger partial charge in [0.25, 0.3) is 5.91 Å². The van der Waals surface area contributed by atoms with Crippen molar-refractivity contribution in [2.45, 2.75) is 44.4 Å². The maximum Gasteiger partial charge on any atom is 0.251 e. The number of hydrogen-bond acceptors (Lipinski definition) is 4. The van der Waals surface area contributed by atoms with Crippen molar-refractivity contribution in [2.24, 2.45) is 0 Å². The number of amides is 1. The second-order valence-electron chi connectivity index (χ2n) is 7.67. The van der Waals surface area contributed by atoms with Crippen molar-refractivity contribution in [3.05, 3.63) is 53.1 Å². The molecule has 3 rings (SSSR count). The Labute approximate surface area is 167 Å². The average molecular weight is 383 g/mol. The predicted octanol–water partition coefficient (Wildman–Crippen LogP) is 4.23. The highest BCUT2D eigenvalue weighted by Gasteiger charge is 2.35. The van der Waals surface area contributed by atoms with Crippen molar-refractivity contribution in [3.8, 4) is 11.5 Å². The molecule has 1 fully saturated rings. The van der Waals surface area contributed by atoms with Crippen LogP contribution in [0.3, 0.4) is 0 Å². The molecule has 1 aliphatic rings. The van der Waals surface area contributed by atoms with Crippen molar-refractivity contribution in [1.29, 1.82) is 0 Å². The van der Waals surface area contributed by atoms with Gasteiger partial charge in [0.1, 0.15) is 0 Å². The first-order valence-corrected chi connectivity index (χ1v) is 9.86. The van der Waals surface area contributed by atoms with Crippen LogP contribution in [0.25, 0.3) is 0 Å². The first-order valence-electron chi connectivity index (χ1n) is 9.86. The predicted molar refractivity (Wildman–Crippen MR) is 112 cm³/mol. The summed E-state index contributed by atoms with van der Waals surface area (Å²) >= 11 is 0. The largest absolute Gasteiger partial charge is 0.493 e. The van der Waals surface area contributed by atoms with Gasteiger partial charge >= 0.3 is 0 Å². The van der Waals surface area contributed by atoms with Crippen LogP contribution in [0.1, 0.15) is 53.6 Å². The molecule has 0 radical (unpaired) electrons. The number of nitrogens with two attached hydrogens (primary N) is 1. The fourth-order valence-corrected chi connectivity index (χ4v) is 4.19. The van der Waals surface area contributed by atoms with E-state index in [1.54, 1.807) is 20.3 Å². The number of carbonyl (C=O) groups is 1. The van der Waals surface area contributed by atoms with Crippen molar-refractivity contribution in [3.63, 3.8) is 0 Å². The fourth-order valence-electron chi connectivity index (χ4n) is 4.19. The first-order chi connectivity index (χ1) is 13.5. The summed E-state index contributed by atoms with van der Waals surface area (Å²) in [5.74, 6) is 1.37. The Hall–Kier alpha value is -2.69. The van der Waals surface area contributed by atoms with E-state index >= 15 is 0 Å². The minimum Gasteiger partial charge on any atom is -0.493 e. The van der Waals surface area contributed by atoms with E-state index < -0.39 is 0 Å². The van der Waals surface area contributed by atoms with E-state index in [1.807, 2.05) is 25.1 Å². The third-order valence-corrected chi connectivity index (χ3v) is 5.90. The second kappa shape index (κ2) is 8.55. The molecule has 0 atom stereocenters. The number of benzene rings is 2. The van der Waals surface area contributed by atoms with Crippen LogP contribution in [0.4, 0.5) is 5.69 Å². The zero-order valence-corrected chi connectivity index (χ0v) is 17.0. The topological polar surface area (TPSA) is 73.6 Å². The molecule has 1 amide bonds. The fraction of sp³-hybridized carbons (Fsp3) is 0.435. The first kappa shape index (κ1) is 20.1. The lowest BCUT2D eigenvalue weighted by Gasteiger charge is -2.38. The number of methoxy groups -OCH3 is 2. The van der Waals surface area contributed by atoms with Crippen LogP contribution >= 0.6 is 0 Å². The number of anilines is 1. The summed E-state index contributed by atoms with van der Waals surface area (Å²) in [6.45, 7) is 2.52. The van der Waals surface area contributed by atoms with Gasteiger partial charge in [0.2, 0.25) is 0 Å². The summed E-state index contributed by atoms with van der Waals surface area (Å²) in [5.41, 5.74) is 9.13. The Morgan fingerprint density at radius 1 is 1.04 bits per heavy atom. The van der Waals surface area contributed by atoms with E-state index in [-0.39, 0.29) is 11.3 Å². The highest BCUT2D eigenvalue weighted by Crippen LogP contribution is 2.42. The number of nitrogen functional groups attached to an aromatic ring is 1. The lowest BCUT2D eigenvalue weighted by atomic mass is 9.69. The number of rotatable bonds is 6. The van der Waals surface area contributed by atoms with Crippen LogP contribution in [0.2, 0.25) is 0 Å². The zero-order valence-electron chi connectivity index (χ0n) is 17.0. The van der Waals surface area contributed by atoms with Gasteiger partial charge in [-0.05, 0) is 55.2 Å². The van der Waals surface area contributed by atoms with Gasteiger partial charge in [-0.25, -0.2) is 0 Å². The molecule has 150 valence electrons. The highest BCUT2D eigenvalue weighted by molar-refractivity contribution is 5.96. The summed E-state index contributed by atoms with van der Waals surface area (Å²) in [6, 6.07) is 11.6. The van der Waals surface area contributed by atoms with Crippen molar-refractivity contribution >= 4 is 11.6 Å². The van der Waals surface area contributed by atoms with Crippen molar-refractivity contribution < 1.29 is 14.3 Å². The van der Waals surface area contributed by atoms with Crippen LogP contribution in [-0.2, 0) is 5.41 Å². The van der Waals surface area contributed by atoms with E-state index in [9.17, 15) is 4.79 Å². The molecule has 0 spiro atoms. The molecular formula is C23H30N2O3. The maximum absolute atomic E-state index is 12.8. The smallest absolute Gasteiger partial charge is 0.251 e. The van der Waals surface area contributed by atoms with Gasteiger partial charge in [-0.1, -0.05) is 31.4 Å². The number of ether oxygens (including phenoxy) is 2. The number of aryl methyl sites for hydroxylation is 1. The van der Waals surface area contributed by atoms with E-state index in [4.69, 9.17) is 15.2 Å². The van der Waals surface area contributed by atoms with Gasteiger partial charge in [-0.15, -0.1) is 0 Å². The average Bonchev–Trinajstić information content (AvgIpc) is 2.73. The van der Waals surface area contributed by atoms with Crippen molar-refractivity contribution in [2.75, 3.05) is 26.5 Å². The molecular weight excluding hydrogens is 352 g/mol. The lowest BCUT2D eigenvalue weighted by molar-refractivity contribution is 0.0936. The Bertz CT molecular complexity index is 842. The van der Waals surface area contributed by atoms with Crippen LogP contribution in [-0.4, -0.2) is 26.7 Å². The monoisotopic (exact) mass is 382 g/mol. The van der Waals surface area contributed by atoms with Crippen LogP contribution in [0.5, 0.6) is 11.5 Å². The minimum absolute atomic E-state index is 0.0739. The van der Waals surface area contributed by atoms with Gasteiger partial charge in [0.05, 0.1) is 14.2 Å². The third-order valence-electron chi connectivity index (χ3n) is 5.90. The Kier molecular flexibility index (Phi) is 6.12. The Morgan fingerprint density at radius 3 is 2.43 bits per heavy atom. The standard InChI is InChI=1S/C23H30N2O3/c1-16-7-9-18(24)14-19(16)22(26)25-15-23(11-5-4-6-12-23)17-8-10-20(27-2)21(13-17)28-3/h7-10,13-14H,4-6,11-12,15,24H2,1-3H3,(H,25,26). The molecule has 0 aromatic heterocycles. The number of hydrogen-bond donors (Lipinski definition) is 2. The maximum atomic E-state index is 12.8. The quantitative estimate of drug-likeness (QED) is 0.734. The van der Waals surface area contributed by atoms with E-state index in [2.05, 4.69) is 17.4 Å². The summed E-state index contributed by atoms with van der Waals surface area (Å²) in [6.07, 6.45) is 5.62. The van der Waals surface area contributed by atoms with E-state index in [0.717, 1.165) is 42.7 Å². The lowest BCUT2D eigenvalue weighted by Crippen LogP contribution is -2.42. The molecule has 0 aliphatic heterocycles. The summed E-state index contributed by atoms with van der Waals surface area (Å²) in [7, 11) is 3.29. The molecule has 3 N–H and O–H groups in total. The summed E-state index contributed by atoms with van der Waals surface area (Å²) < 4.78 is 10.9. The molecule has 28 heavy (non-hydrogen) atoms. The summed E-state index contributed by atoms with van der Waals surface area (Å²) in [5, 5.41) is 3.18. The van der Waals surface area contributed by atoms with Gasteiger partial charge in [-0.2, -0.15) is 0 Å². The van der Waals surface area contributed by atoms with Gasteiger partial charge in [0, 0.05) is 23.2 Å². The SMILES string of the molecule is COc1ccc(C2(CNC(=O)c3cc(N)ccc3C)CCCCC2)cc1OC. The van der Waals surface area contributed by atoms with Crippen LogP contribution in [0.15, 0.2) is 36.4 Å². The minimum atomic E-state index is -0.0955. The molecule has 1 saturated carbocycles. The molecule has 0 heterocycles. The molecule has 0 saturated heterocycles. The third kappa shape index (κ3) is 4.08. The van der Waals surface area contributed by atoms with Gasteiger partial charge < -0.3 is 20.5 Å². The molecule has 5 nitrogen and oxygen atoms in total.